The number of piperidine rings is 1. The van der Waals surface area contributed by atoms with Crippen LogP contribution >= 0.6 is 11.6 Å². The third-order valence-electron chi connectivity index (χ3n) is 3.40. The molecule has 0 spiro atoms. The quantitative estimate of drug-likeness (QED) is 0.897. The lowest BCUT2D eigenvalue weighted by atomic mass is 10.1. The molecule has 7 heteroatoms. The number of carboxylic acid groups (broad SMARTS) is 1. The fraction of sp³-hybridized carbons (Fsp3) is 0.500. The maximum Gasteiger partial charge on any atom is 0.305 e. The van der Waals surface area contributed by atoms with Gasteiger partial charge in [-0.1, -0.05) is 11.6 Å². The van der Waals surface area contributed by atoms with Crippen molar-refractivity contribution in [3.05, 3.63) is 29.0 Å². The first kappa shape index (κ1) is 15.7. The summed E-state index contributed by atoms with van der Waals surface area (Å²) in [6.07, 6.45) is 4.43. The molecule has 0 radical (unpaired) electrons. The Balaban J connectivity index is 1.82. The summed E-state index contributed by atoms with van der Waals surface area (Å²) in [5.41, 5.74) is 0.407. The van der Waals surface area contributed by atoms with Gasteiger partial charge in [-0.2, -0.15) is 0 Å². The lowest BCUT2D eigenvalue weighted by molar-refractivity contribution is -0.138. The van der Waals surface area contributed by atoms with E-state index in [2.05, 4.69) is 4.98 Å². The van der Waals surface area contributed by atoms with E-state index in [-0.39, 0.29) is 25.0 Å². The largest absolute Gasteiger partial charge is 0.481 e. The predicted octanol–water partition coefficient (Wildman–Crippen LogP) is 1.83. The minimum absolute atomic E-state index is 0.00440. The monoisotopic (exact) mass is 312 g/mol. The average Bonchev–Trinajstić information content (AvgIpc) is 2.47. The molecule has 6 nitrogen and oxygen atoms in total. The van der Waals surface area contributed by atoms with Crippen LogP contribution in [0.15, 0.2) is 18.5 Å². The number of halogens is 1. The minimum atomic E-state index is -0.867. The Kier molecular flexibility index (Phi) is 5.52. The fourth-order valence-electron chi connectivity index (χ4n) is 2.24. The molecule has 114 valence electrons. The van der Waals surface area contributed by atoms with E-state index in [1.165, 1.54) is 6.20 Å². The zero-order valence-corrected chi connectivity index (χ0v) is 12.3. The van der Waals surface area contributed by atoms with Crippen LogP contribution in [0.25, 0.3) is 0 Å². The Labute approximate surface area is 127 Å². The molecule has 0 saturated carbocycles. The summed E-state index contributed by atoms with van der Waals surface area (Å²) in [6, 6.07) is 1.59. The Hall–Kier alpha value is -1.66. The van der Waals surface area contributed by atoms with E-state index in [1.54, 1.807) is 17.2 Å². The summed E-state index contributed by atoms with van der Waals surface area (Å²) >= 11 is 6.00. The van der Waals surface area contributed by atoms with Crippen molar-refractivity contribution in [2.75, 3.05) is 19.7 Å². The van der Waals surface area contributed by atoms with Gasteiger partial charge in [0.15, 0.2) is 0 Å². The summed E-state index contributed by atoms with van der Waals surface area (Å²) in [6.45, 7) is 1.35. The standard InChI is InChI=1S/C14H17ClN2O4/c15-12-1-5-16-9-11(12)14(20)17-6-2-10(3-7-17)21-8-4-13(18)19/h1,5,9-10H,2-4,6-8H2,(H,18,19). The first-order valence-corrected chi connectivity index (χ1v) is 7.18. The lowest BCUT2D eigenvalue weighted by Gasteiger charge is -2.32. The second-order valence-corrected chi connectivity index (χ2v) is 5.27. The molecule has 0 bridgehead atoms. The van der Waals surface area contributed by atoms with Crippen LogP contribution in [0.3, 0.4) is 0 Å². The first-order chi connectivity index (χ1) is 10.1. The van der Waals surface area contributed by atoms with Gasteiger partial charge in [0.05, 0.1) is 29.7 Å². The highest BCUT2D eigenvalue weighted by molar-refractivity contribution is 6.33. The molecule has 0 unspecified atom stereocenters. The van der Waals surface area contributed by atoms with Crippen molar-refractivity contribution < 1.29 is 19.4 Å². The number of aromatic nitrogens is 1. The van der Waals surface area contributed by atoms with Gasteiger partial charge in [-0.25, -0.2) is 0 Å². The molecule has 0 atom stereocenters. The highest BCUT2D eigenvalue weighted by Gasteiger charge is 2.25. The summed E-state index contributed by atoms with van der Waals surface area (Å²) in [5, 5.41) is 8.96. The van der Waals surface area contributed by atoms with Crippen LogP contribution in [-0.2, 0) is 9.53 Å². The molecule has 1 amide bonds. The van der Waals surface area contributed by atoms with Crippen molar-refractivity contribution in [1.29, 1.82) is 0 Å². The number of rotatable bonds is 5. The predicted molar refractivity (Wildman–Crippen MR) is 76.4 cm³/mol. The lowest BCUT2D eigenvalue weighted by Crippen LogP contribution is -2.41. The molecular formula is C14H17ClN2O4. The number of ether oxygens (including phenoxy) is 1. The maximum atomic E-state index is 12.3. The van der Waals surface area contributed by atoms with E-state index in [0.717, 1.165) is 0 Å². The summed E-state index contributed by atoms with van der Waals surface area (Å²) in [7, 11) is 0. The number of hydrogen-bond acceptors (Lipinski definition) is 4. The van der Waals surface area contributed by atoms with E-state index in [1.807, 2.05) is 0 Å². The van der Waals surface area contributed by atoms with Crippen LogP contribution in [0.2, 0.25) is 5.02 Å². The van der Waals surface area contributed by atoms with Gasteiger partial charge in [0, 0.05) is 25.5 Å². The number of carbonyl (C=O) groups is 2. The van der Waals surface area contributed by atoms with E-state index >= 15 is 0 Å². The number of hydrogen-bond donors (Lipinski definition) is 1. The Morgan fingerprint density at radius 1 is 1.43 bits per heavy atom. The van der Waals surface area contributed by atoms with Gasteiger partial charge in [0.2, 0.25) is 0 Å². The third-order valence-corrected chi connectivity index (χ3v) is 3.73. The molecule has 21 heavy (non-hydrogen) atoms. The summed E-state index contributed by atoms with van der Waals surface area (Å²) in [5.74, 6) is -0.995. The highest BCUT2D eigenvalue weighted by atomic mass is 35.5. The Morgan fingerprint density at radius 2 is 2.14 bits per heavy atom. The molecule has 1 N–H and O–H groups in total. The van der Waals surface area contributed by atoms with Crippen LogP contribution in [0.4, 0.5) is 0 Å². The van der Waals surface area contributed by atoms with Crippen molar-refractivity contribution in [2.24, 2.45) is 0 Å². The number of likely N-dealkylation sites (tertiary alicyclic amines) is 1. The van der Waals surface area contributed by atoms with Gasteiger partial charge in [0.25, 0.3) is 5.91 Å². The smallest absolute Gasteiger partial charge is 0.305 e. The molecule has 1 fully saturated rings. The van der Waals surface area contributed by atoms with E-state index < -0.39 is 5.97 Å². The molecule has 1 aromatic rings. The molecule has 1 aromatic heterocycles. The van der Waals surface area contributed by atoms with Crippen molar-refractivity contribution >= 4 is 23.5 Å². The number of aliphatic carboxylic acids is 1. The van der Waals surface area contributed by atoms with E-state index in [0.29, 0.717) is 36.5 Å². The van der Waals surface area contributed by atoms with Crippen molar-refractivity contribution in [1.82, 2.24) is 9.88 Å². The van der Waals surface area contributed by atoms with Crippen molar-refractivity contribution in [3.8, 4) is 0 Å². The fourth-order valence-corrected chi connectivity index (χ4v) is 2.43. The normalized spacial score (nSPS) is 16.0. The Morgan fingerprint density at radius 3 is 2.76 bits per heavy atom. The van der Waals surface area contributed by atoms with Gasteiger partial charge in [-0.15, -0.1) is 0 Å². The second kappa shape index (κ2) is 7.38. The molecule has 1 aliphatic rings. The van der Waals surface area contributed by atoms with Crippen molar-refractivity contribution in [3.63, 3.8) is 0 Å². The van der Waals surface area contributed by atoms with Crippen LogP contribution < -0.4 is 0 Å². The zero-order chi connectivity index (χ0) is 15.2. The Bertz CT molecular complexity index is 515. The number of amides is 1. The maximum absolute atomic E-state index is 12.3. The third kappa shape index (κ3) is 4.41. The summed E-state index contributed by atoms with van der Waals surface area (Å²) in [4.78, 5) is 28.4. The van der Waals surface area contributed by atoms with Crippen molar-refractivity contribution in [2.45, 2.75) is 25.4 Å². The van der Waals surface area contributed by atoms with E-state index in [4.69, 9.17) is 21.4 Å². The molecular weight excluding hydrogens is 296 g/mol. The SMILES string of the molecule is O=C(O)CCOC1CCN(C(=O)c2cnccc2Cl)CC1. The summed E-state index contributed by atoms with van der Waals surface area (Å²) < 4.78 is 5.49. The van der Waals surface area contributed by atoms with Gasteiger partial charge in [-0.3, -0.25) is 14.6 Å². The van der Waals surface area contributed by atoms with Crippen LogP contribution in [0.1, 0.15) is 29.6 Å². The molecule has 2 rings (SSSR count). The van der Waals surface area contributed by atoms with Gasteiger partial charge >= 0.3 is 5.97 Å². The molecule has 0 aliphatic carbocycles. The molecule has 1 saturated heterocycles. The second-order valence-electron chi connectivity index (χ2n) is 4.86. The topological polar surface area (TPSA) is 79.7 Å². The van der Waals surface area contributed by atoms with Crippen LogP contribution in [-0.4, -0.2) is 52.7 Å². The zero-order valence-electron chi connectivity index (χ0n) is 11.5. The van der Waals surface area contributed by atoms with Gasteiger partial charge in [0.1, 0.15) is 0 Å². The van der Waals surface area contributed by atoms with Crippen LogP contribution in [0.5, 0.6) is 0 Å². The first-order valence-electron chi connectivity index (χ1n) is 6.80. The molecule has 2 heterocycles. The van der Waals surface area contributed by atoms with Crippen LogP contribution in [0, 0.1) is 0 Å². The van der Waals surface area contributed by atoms with Gasteiger partial charge < -0.3 is 14.7 Å². The van der Waals surface area contributed by atoms with E-state index in [9.17, 15) is 9.59 Å². The average molecular weight is 313 g/mol. The number of pyridine rings is 1. The minimum Gasteiger partial charge on any atom is -0.481 e. The number of carbonyl (C=O) groups excluding carboxylic acids is 1. The molecule has 1 aliphatic heterocycles. The number of nitrogens with zero attached hydrogens (tertiary/aromatic N) is 2. The molecule has 0 aromatic carbocycles. The highest BCUT2D eigenvalue weighted by Crippen LogP contribution is 2.20. The van der Waals surface area contributed by atoms with Gasteiger partial charge in [-0.05, 0) is 18.9 Å². The number of carboxylic acids is 1.